The molecule has 0 unspecified atom stereocenters. The molecule has 218 valence electrons. The number of halogens is 3. The Morgan fingerprint density at radius 3 is 2.48 bits per heavy atom. The number of fused-ring (bicyclic) bond motifs is 1. The van der Waals surface area contributed by atoms with E-state index in [1.54, 1.807) is 13.0 Å². The molecule has 0 spiro atoms. The Morgan fingerprint density at radius 1 is 1.15 bits per heavy atom. The van der Waals surface area contributed by atoms with E-state index >= 15 is 0 Å². The monoisotopic (exact) mass is 595 g/mol. The largest absolute Gasteiger partial charge is 0.448 e. The number of aromatic nitrogens is 1. The van der Waals surface area contributed by atoms with Gasteiger partial charge >= 0.3 is 0 Å². The number of amides is 1. The van der Waals surface area contributed by atoms with Crippen LogP contribution in [0.1, 0.15) is 72.6 Å². The molecule has 2 aliphatic carbocycles. The molecule has 5 rings (SSSR count). The highest BCUT2D eigenvalue weighted by molar-refractivity contribution is 7.98. The van der Waals surface area contributed by atoms with Gasteiger partial charge in [-0.1, -0.05) is 11.6 Å². The number of aromatic amines is 1. The van der Waals surface area contributed by atoms with Crippen LogP contribution in [-0.4, -0.2) is 41.4 Å². The van der Waals surface area contributed by atoms with Crippen LogP contribution in [0.15, 0.2) is 21.8 Å². The van der Waals surface area contributed by atoms with Crippen LogP contribution < -0.4 is 25.7 Å². The van der Waals surface area contributed by atoms with Gasteiger partial charge in [-0.3, -0.25) is 9.59 Å². The number of thioether (sulfide) groups is 1. The summed E-state index contributed by atoms with van der Waals surface area (Å²) in [5, 5.41) is 6.45. The maximum atomic E-state index is 13.2. The SMILES string of the molecule is CSc1cc(C)[nH]c(=O)c1CNC(=O)c1cc(Cl)c2c(c1C)O[C@@](C)(C1CCC(CNC3CC(F)(F)C3)CC1)O2. The fourth-order valence-electron chi connectivity index (χ4n) is 6.08. The predicted octanol–water partition coefficient (Wildman–Crippen LogP) is 5.98. The first kappa shape index (κ1) is 29.2. The zero-order valence-corrected chi connectivity index (χ0v) is 24.8. The molecule has 2 heterocycles. The minimum Gasteiger partial charge on any atom is -0.448 e. The second-order valence-corrected chi connectivity index (χ2v) is 12.8. The van der Waals surface area contributed by atoms with Crippen LogP contribution in [0.3, 0.4) is 0 Å². The average Bonchev–Trinajstić information content (AvgIpc) is 3.27. The number of ether oxygens (including phenoxy) is 2. The third-order valence-electron chi connectivity index (χ3n) is 8.54. The Bertz CT molecular complexity index is 1350. The van der Waals surface area contributed by atoms with E-state index in [0.717, 1.165) is 42.8 Å². The molecule has 7 nitrogen and oxygen atoms in total. The molecule has 1 aromatic heterocycles. The summed E-state index contributed by atoms with van der Waals surface area (Å²) in [6.45, 7) is 6.37. The molecular weight excluding hydrogens is 560 g/mol. The lowest BCUT2D eigenvalue weighted by atomic mass is 9.78. The molecule has 1 atom stereocenters. The van der Waals surface area contributed by atoms with Crippen LogP contribution in [0.2, 0.25) is 5.02 Å². The first-order valence-electron chi connectivity index (χ1n) is 13.8. The lowest BCUT2D eigenvalue weighted by Gasteiger charge is -2.39. The van der Waals surface area contributed by atoms with Crippen LogP contribution in [0.25, 0.3) is 0 Å². The fraction of sp³-hybridized carbons (Fsp3) is 0.586. The van der Waals surface area contributed by atoms with Crippen molar-refractivity contribution in [2.75, 3.05) is 12.8 Å². The van der Waals surface area contributed by atoms with Crippen molar-refractivity contribution >= 4 is 29.3 Å². The van der Waals surface area contributed by atoms with Gasteiger partial charge in [-0.2, -0.15) is 0 Å². The molecule has 0 saturated heterocycles. The van der Waals surface area contributed by atoms with Crippen molar-refractivity contribution in [2.45, 2.75) is 88.5 Å². The van der Waals surface area contributed by atoms with Crippen molar-refractivity contribution < 1.29 is 23.0 Å². The van der Waals surface area contributed by atoms with Crippen LogP contribution in [0.5, 0.6) is 11.5 Å². The molecule has 1 amide bonds. The van der Waals surface area contributed by atoms with Gasteiger partial charge in [-0.15, -0.1) is 11.8 Å². The highest BCUT2D eigenvalue weighted by Crippen LogP contribution is 2.52. The number of aryl methyl sites for hydroxylation is 1. The first-order valence-corrected chi connectivity index (χ1v) is 15.4. The van der Waals surface area contributed by atoms with Crippen LogP contribution in [-0.2, 0) is 6.54 Å². The third-order valence-corrected chi connectivity index (χ3v) is 9.63. The van der Waals surface area contributed by atoms with Gasteiger partial charge in [0.1, 0.15) is 0 Å². The molecule has 1 aliphatic heterocycles. The molecule has 11 heteroatoms. The topological polar surface area (TPSA) is 92.5 Å². The molecule has 3 N–H and O–H groups in total. The van der Waals surface area contributed by atoms with Crippen molar-refractivity contribution in [2.24, 2.45) is 11.8 Å². The van der Waals surface area contributed by atoms with E-state index in [9.17, 15) is 18.4 Å². The van der Waals surface area contributed by atoms with Gasteiger partial charge in [0.25, 0.3) is 23.2 Å². The lowest BCUT2D eigenvalue weighted by molar-refractivity contribution is -0.123. The van der Waals surface area contributed by atoms with E-state index in [4.69, 9.17) is 21.1 Å². The Hall–Kier alpha value is -2.30. The molecule has 2 aromatic rings. The van der Waals surface area contributed by atoms with Gasteiger partial charge in [0.15, 0.2) is 11.5 Å². The predicted molar refractivity (Wildman–Crippen MR) is 152 cm³/mol. The molecule has 1 aromatic carbocycles. The minimum absolute atomic E-state index is 0.0659. The van der Waals surface area contributed by atoms with Crippen molar-refractivity contribution in [3.05, 3.63) is 49.9 Å². The summed E-state index contributed by atoms with van der Waals surface area (Å²) in [5.74, 6) is -2.32. The number of hydrogen-bond donors (Lipinski definition) is 3. The maximum absolute atomic E-state index is 13.2. The molecule has 3 aliphatic rings. The molecule has 2 saturated carbocycles. The summed E-state index contributed by atoms with van der Waals surface area (Å²) in [7, 11) is 0. The quantitative estimate of drug-likeness (QED) is 0.325. The van der Waals surface area contributed by atoms with E-state index in [2.05, 4.69) is 15.6 Å². The summed E-state index contributed by atoms with van der Waals surface area (Å²) in [6.07, 6.45) is 5.43. The van der Waals surface area contributed by atoms with Crippen molar-refractivity contribution in [1.82, 2.24) is 15.6 Å². The number of rotatable bonds is 8. The third kappa shape index (κ3) is 5.85. The van der Waals surface area contributed by atoms with Crippen LogP contribution in [0, 0.1) is 25.7 Å². The number of H-pyrrole nitrogens is 1. The zero-order valence-electron chi connectivity index (χ0n) is 23.2. The van der Waals surface area contributed by atoms with Gasteiger partial charge in [-0.25, -0.2) is 8.78 Å². The van der Waals surface area contributed by atoms with E-state index in [0.29, 0.717) is 39.1 Å². The number of carbonyl (C=O) groups is 1. The van der Waals surface area contributed by atoms with Gasteiger partial charge in [0.2, 0.25) is 0 Å². The summed E-state index contributed by atoms with van der Waals surface area (Å²) < 4.78 is 38.9. The Morgan fingerprint density at radius 2 is 1.82 bits per heavy atom. The summed E-state index contributed by atoms with van der Waals surface area (Å²) in [4.78, 5) is 29.3. The second kappa shape index (κ2) is 11.2. The number of carbonyl (C=O) groups excluding carboxylic acids is 1. The number of hydrogen-bond acceptors (Lipinski definition) is 6. The molecule has 0 radical (unpaired) electrons. The van der Waals surface area contributed by atoms with Gasteiger partial charge < -0.3 is 25.1 Å². The van der Waals surface area contributed by atoms with Crippen molar-refractivity contribution in [3.8, 4) is 11.5 Å². The Kier molecular flexibility index (Phi) is 8.16. The Balaban J connectivity index is 1.22. The van der Waals surface area contributed by atoms with E-state index in [-0.39, 0.29) is 42.8 Å². The lowest BCUT2D eigenvalue weighted by Crippen LogP contribution is -2.50. The second-order valence-electron chi connectivity index (χ2n) is 11.5. The van der Waals surface area contributed by atoms with Gasteiger partial charge in [0.05, 0.1) is 5.02 Å². The van der Waals surface area contributed by atoms with Crippen LogP contribution >= 0.6 is 23.4 Å². The van der Waals surface area contributed by atoms with E-state index in [1.807, 2.05) is 26.2 Å². The van der Waals surface area contributed by atoms with Crippen molar-refractivity contribution in [3.63, 3.8) is 0 Å². The first-order chi connectivity index (χ1) is 18.9. The van der Waals surface area contributed by atoms with Gasteiger partial charge in [-0.05, 0) is 70.4 Å². The van der Waals surface area contributed by atoms with Crippen molar-refractivity contribution in [1.29, 1.82) is 0 Å². The zero-order chi connectivity index (χ0) is 28.8. The summed E-state index contributed by atoms with van der Waals surface area (Å²) in [6, 6.07) is 3.39. The standard InChI is InChI=1S/C29H36ClF2N3O4S/c1-15-9-23(40-4)21(27(37)35-15)14-34-26(36)20-10-22(30)25-24(16(20)2)38-28(3,39-25)18-7-5-17(6-8-18)13-33-19-11-29(31,32)12-19/h9-10,17-19,33H,5-8,11-14H2,1-4H3,(H,34,36)(H,35,37)/t17?,18?,28-/m1/s1. The van der Waals surface area contributed by atoms with Crippen LogP contribution in [0.4, 0.5) is 8.78 Å². The number of pyridine rings is 1. The average molecular weight is 596 g/mol. The van der Waals surface area contributed by atoms with Gasteiger partial charge in [0, 0.05) is 65.5 Å². The highest BCUT2D eigenvalue weighted by Gasteiger charge is 2.48. The molecular formula is C29H36ClF2N3O4S. The minimum atomic E-state index is -2.51. The maximum Gasteiger partial charge on any atom is 0.254 e. The highest BCUT2D eigenvalue weighted by atomic mass is 35.5. The fourth-order valence-corrected chi connectivity index (χ4v) is 7.02. The van der Waals surface area contributed by atoms with E-state index < -0.39 is 11.7 Å². The Labute approximate surface area is 242 Å². The molecule has 40 heavy (non-hydrogen) atoms. The normalized spacial score (nSPS) is 25.5. The molecule has 2 fully saturated rings. The summed E-state index contributed by atoms with van der Waals surface area (Å²) in [5.41, 5.74) is 2.02. The summed E-state index contributed by atoms with van der Waals surface area (Å²) >= 11 is 8.05. The number of nitrogens with one attached hydrogen (secondary N) is 3. The number of benzene rings is 1. The molecule has 0 bridgehead atoms. The smallest absolute Gasteiger partial charge is 0.254 e. The number of alkyl halides is 2. The van der Waals surface area contributed by atoms with E-state index in [1.165, 1.54) is 11.8 Å².